The monoisotopic (exact) mass is 371 g/mol. The smallest absolute Gasteiger partial charge is 0.285 e. The van der Waals surface area contributed by atoms with Crippen LogP contribution in [-0.2, 0) is 21.2 Å². The molecule has 26 heavy (non-hydrogen) atoms. The van der Waals surface area contributed by atoms with Crippen LogP contribution < -0.4 is 4.90 Å². The molecule has 0 spiro atoms. The number of fused-ring (bicyclic) bond motifs is 2. The summed E-state index contributed by atoms with van der Waals surface area (Å²) < 4.78 is 25.5. The molecule has 0 N–H and O–H groups in total. The Morgan fingerprint density at radius 3 is 2.81 bits per heavy atom. The van der Waals surface area contributed by atoms with E-state index in [9.17, 15) is 22.8 Å². The third-order valence-corrected chi connectivity index (χ3v) is 6.20. The standard InChI is InChI=1S/C17H13N3O5S/c21-10-19-7-5-11-8-12(3-4-14(11)19)15(22)9-20-17(23)13-2-1-6-18-16(13)26(20,24)25/h1-4,6,8,10H,5,7,9H2. The predicted molar refractivity (Wildman–Crippen MR) is 90.3 cm³/mol. The van der Waals surface area contributed by atoms with Gasteiger partial charge in [-0.15, -0.1) is 0 Å². The molecule has 2 aromatic rings. The number of nitrogens with zero attached hydrogens (tertiary/aromatic N) is 3. The second kappa shape index (κ2) is 5.73. The van der Waals surface area contributed by atoms with Gasteiger partial charge < -0.3 is 4.90 Å². The summed E-state index contributed by atoms with van der Waals surface area (Å²) in [6.07, 6.45) is 2.63. The Balaban J connectivity index is 1.62. The number of Topliss-reactive ketones (excluding diaryl/α,β-unsaturated/α-hetero) is 1. The zero-order chi connectivity index (χ0) is 18.5. The average Bonchev–Trinajstić information content (AvgIpc) is 3.14. The van der Waals surface area contributed by atoms with Crippen molar-refractivity contribution in [2.75, 3.05) is 18.0 Å². The molecule has 9 heteroatoms. The van der Waals surface area contributed by atoms with E-state index in [1.165, 1.54) is 24.4 Å². The number of ketones is 1. The summed E-state index contributed by atoms with van der Waals surface area (Å²) in [7, 11) is -4.13. The first kappa shape index (κ1) is 16.4. The average molecular weight is 371 g/mol. The lowest BCUT2D eigenvalue weighted by atomic mass is 10.1. The molecule has 0 saturated carbocycles. The number of aromatic nitrogens is 1. The maximum Gasteiger partial charge on any atom is 0.285 e. The lowest BCUT2D eigenvalue weighted by Gasteiger charge is -2.14. The first-order valence-corrected chi connectivity index (χ1v) is 9.27. The highest BCUT2D eigenvalue weighted by Gasteiger charge is 2.43. The molecule has 4 rings (SSSR count). The van der Waals surface area contributed by atoms with Gasteiger partial charge in [0.25, 0.3) is 15.9 Å². The molecule has 132 valence electrons. The van der Waals surface area contributed by atoms with Crippen LogP contribution in [0.4, 0.5) is 5.69 Å². The van der Waals surface area contributed by atoms with Crippen molar-refractivity contribution < 1.29 is 22.8 Å². The van der Waals surface area contributed by atoms with Gasteiger partial charge in [-0.2, -0.15) is 8.42 Å². The number of sulfonamides is 1. The van der Waals surface area contributed by atoms with Crippen molar-refractivity contribution in [1.29, 1.82) is 0 Å². The molecule has 2 aliphatic rings. The molecule has 2 amide bonds. The van der Waals surface area contributed by atoms with E-state index in [1.54, 1.807) is 17.0 Å². The molecule has 0 saturated heterocycles. The van der Waals surface area contributed by atoms with Crippen molar-refractivity contribution in [3.8, 4) is 0 Å². The Labute approximate surface area is 149 Å². The fraction of sp³-hybridized carbons (Fsp3) is 0.176. The Kier molecular flexibility index (Phi) is 3.62. The Morgan fingerprint density at radius 1 is 1.27 bits per heavy atom. The number of hydrogen-bond donors (Lipinski definition) is 0. The summed E-state index contributed by atoms with van der Waals surface area (Å²) in [4.78, 5) is 41.2. The SMILES string of the molecule is O=CN1CCc2cc(C(=O)CN3C(=O)c4cccnc4S3(=O)=O)ccc21. The van der Waals surface area contributed by atoms with Crippen molar-refractivity contribution in [1.82, 2.24) is 9.29 Å². The van der Waals surface area contributed by atoms with E-state index in [0.29, 0.717) is 22.8 Å². The van der Waals surface area contributed by atoms with E-state index >= 15 is 0 Å². The summed E-state index contributed by atoms with van der Waals surface area (Å²) in [5.41, 5.74) is 1.83. The number of anilines is 1. The van der Waals surface area contributed by atoms with E-state index < -0.39 is 28.3 Å². The number of carbonyl (C=O) groups excluding carboxylic acids is 3. The van der Waals surface area contributed by atoms with Gasteiger partial charge in [0.1, 0.15) is 6.54 Å². The van der Waals surface area contributed by atoms with Gasteiger partial charge in [0.15, 0.2) is 10.8 Å². The van der Waals surface area contributed by atoms with Crippen LogP contribution in [0, 0.1) is 0 Å². The molecule has 8 nitrogen and oxygen atoms in total. The van der Waals surface area contributed by atoms with Gasteiger partial charge in [-0.1, -0.05) is 0 Å². The minimum Gasteiger partial charge on any atom is -0.314 e. The fourth-order valence-electron chi connectivity index (χ4n) is 3.20. The van der Waals surface area contributed by atoms with E-state index in [2.05, 4.69) is 4.98 Å². The molecule has 2 aliphatic heterocycles. The summed E-state index contributed by atoms with van der Waals surface area (Å²) in [6.45, 7) is -0.0514. The minimum absolute atomic E-state index is 0.0316. The second-order valence-electron chi connectivity index (χ2n) is 5.99. The molecule has 0 aliphatic carbocycles. The molecule has 3 heterocycles. The first-order valence-electron chi connectivity index (χ1n) is 7.83. The number of carbonyl (C=O) groups is 3. The maximum atomic E-state index is 12.6. The highest BCUT2D eigenvalue weighted by Crippen LogP contribution is 2.30. The van der Waals surface area contributed by atoms with Gasteiger partial charge in [-0.05, 0) is 42.3 Å². The van der Waals surface area contributed by atoms with Gasteiger partial charge >= 0.3 is 0 Å². The van der Waals surface area contributed by atoms with E-state index in [0.717, 1.165) is 17.7 Å². The molecule has 1 aromatic heterocycles. The van der Waals surface area contributed by atoms with Crippen molar-refractivity contribution in [2.24, 2.45) is 0 Å². The second-order valence-corrected chi connectivity index (χ2v) is 7.77. The van der Waals surface area contributed by atoms with E-state index in [4.69, 9.17) is 0 Å². The normalized spacial score (nSPS) is 17.2. The summed E-state index contributed by atoms with van der Waals surface area (Å²) in [5, 5.41) is -0.326. The van der Waals surface area contributed by atoms with Crippen LogP contribution in [0.25, 0.3) is 0 Å². The third kappa shape index (κ3) is 2.31. The Bertz CT molecular complexity index is 1060. The Hall–Kier alpha value is -3.07. The topological polar surface area (TPSA) is 105 Å². The summed E-state index contributed by atoms with van der Waals surface area (Å²) in [6, 6.07) is 7.66. The largest absolute Gasteiger partial charge is 0.314 e. The maximum absolute atomic E-state index is 12.6. The van der Waals surface area contributed by atoms with Crippen molar-refractivity contribution >= 4 is 33.8 Å². The molecule has 0 bridgehead atoms. The molecule has 0 radical (unpaired) electrons. The number of amides is 2. The highest BCUT2D eigenvalue weighted by atomic mass is 32.2. The quantitative estimate of drug-likeness (QED) is 0.577. The number of rotatable bonds is 4. The highest BCUT2D eigenvalue weighted by molar-refractivity contribution is 7.90. The van der Waals surface area contributed by atoms with Crippen LogP contribution in [0.15, 0.2) is 41.6 Å². The van der Waals surface area contributed by atoms with Crippen LogP contribution in [0.2, 0.25) is 0 Å². The van der Waals surface area contributed by atoms with Crippen molar-refractivity contribution in [3.05, 3.63) is 53.2 Å². The zero-order valence-corrected chi connectivity index (χ0v) is 14.3. The molecular weight excluding hydrogens is 358 g/mol. The third-order valence-electron chi connectivity index (χ3n) is 4.51. The summed E-state index contributed by atoms with van der Waals surface area (Å²) >= 11 is 0. The van der Waals surface area contributed by atoms with Crippen LogP contribution >= 0.6 is 0 Å². The Morgan fingerprint density at radius 2 is 2.08 bits per heavy atom. The van der Waals surface area contributed by atoms with Crippen LogP contribution in [0.5, 0.6) is 0 Å². The van der Waals surface area contributed by atoms with Crippen LogP contribution in [0.3, 0.4) is 0 Å². The lowest BCUT2D eigenvalue weighted by molar-refractivity contribution is -0.107. The van der Waals surface area contributed by atoms with E-state index in [-0.39, 0.29) is 10.6 Å². The minimum atomic E-state index is -4.13. The predicted octanol–water partition coefficient (Wildman–Crippen LogP) is 0.628. The fourth-order valence-corrected chi connectivity index (χ4v) is 4.64. The number of hydrogen-bond acceptors (Lipinski definition) is 6. The van der Waals surface area contributed by atoms with Crippen LogP contribution in [-0.4, -0.2) is 48.9 Å². The molecule has 1 aromatic carbocycles. The zero-order valence-electron chi connectivity index (χ0n) is 13.5. The molecule has 0 atom stereocenters. The molecular formula is C17H13N3O5S. The molecule has 0 unspecified atom stereocenters. The number of pyridine rings is 1. The van der Waals surface area contributed by atoms with Crippen molar-refractivity contribution in [3.63, 3.8) is 0 Å². The molecule has 0 fully saturated rings. The van der Waals surface area contributed by atoms with Gasteiger partial charge in [-0.3, -0.25) is 14.4 Å². The first-order chi connectivity index (χ1) is 12.4. The van der Waals surface area contributed by atoms with Crippen molar-refractivity contribution in [2.45, 2.75) is 11.4 Å². The van der Waals surface area contributed by atoms with E-state index in [1.807, 2.05) is 0 Å². The van der Waals surface area contributed by atoms with Gasteiger partial charge in [0, 0.05) is 24.0 Å². The van der Waals surface area contributed by atoms with Crippen LogP contribution in [0.1, 0.15) is 26.3 Å². The summed E-state index contributed by atoms with van der Waals surface area (Å²) in [5.74, 6) is -1.25. The van der Waals surface area contributed by atoms with Gasteiger partial charge in [-0.25, -0.2) is 9.29 Å². The van der Waals surface area contributed by atoms with Gasteiger partial charge in [0.05, 0.1) is 5.56 Å². The number of benzene rings is 1. The van der Waals surface area contributed by atoms with Gasteiger partial charge in [0.2, 0.25) is 6.41 Å². The lowest BCUT2D eigenvalue weighted by Crippen LogP contribution is -2.35.